The van der Waals surface area contributed by atoms with E-state index in [1.54, 1.807) is 52.9 Å². The number of carbonyl (C=O) groups is 2. The van der Waals surface area contributed by atoms with Gasteiger partial charge < -0.3 is 15.0 Å². The maximum atomic E-state index is 13.1. The number of aromatic nitrogens is 2. The Hall–Kier alpha value is -3.35. The van der Waals surface area contributed by atoms with Gasteiger partial charge in [-0.05, 0) is 49.2 Å². The third-order valence-electron chi connectivity index (χ3n) is 4.58. The van der Waals surface area contributed by atoms with Crippen molar-refractivity contribution in [3.05, 3.63) is 60.2 Å². The molecule has 0 aliphatic rings. The summed E-state index contributed by atoms with van der Waals surface area (Å²) in [5, 5.41) is 2.84. The fraction of sp³-hybridized carbons (Fsp3) is 0.318. The lowest BCUT2D eigenvalue weighted by Crippen LogP contribution is -2.33. The first kappa shape index (κ1) is 20.4. The van der Waals surface area contributed by atoms with E-state index in [1.165, 1.54) is 0 Å². The first-order valence-electron chi connectivity index (χ1n) is 9.80. The molecular formula is C22H26N4O3. The number of amides is 2. The van der Waals surface area contributed by atoms with Crippen LogP contribution in [0.4, 0.5) is 5.69 Å². The highest BCUT2D eigenvalue weighted by molar-refractivity contribution is 6.09. The molecule has 0 aliphatic heterocycles. The largest absolute Gasteiger partial charge is 0.497 e. The lowest BCUT2D eigenvalue weighted by atomic mass is 10.2. The predicted octanol–water partition coefficient (Wildman–Crippen LogP) is 3.86. The van der Waals surface area contributed by atoms with Crippen LogP contribution in [0.5, 0.6) is 5.75 Å². The van der Waals surface area contributed by atoms with Crippen molar-refractivity contribution in [1.29, 1.82) is 0 Å². The van der Waals surface area contributed by atoms with E-state index < -0.39 is 0 Å². The number of hydrogen-bond donors (Lipinski definition) is 1. The summed E-state index contributed by atoms with van der Waals surface area (Å²) in [5.41, 5.74) is 1.44. The molecule has 2 heterocycles. The van der Waals surface area contributed by atoms with Crippen molar-refractivity contribution < 1.29 is 14.3 Å². The summed E-state index contributed by atoms with van der Waals surface area (Å²) >= 11 is 0. The van der Waals surface area contributed by atoms with Gasteiger partial charge in [0, 0.05) is 25.0 Å². The van der Waals surface area contributed by atoms with Crippen molar-refractivity contribution in [2.45, 2.75) is 26.7 Å². The number of rotatable bonds is 8. The van der Waals surface area contributed by atoms with Gasteiger partial charge in [-0.25, -0.2) is 4.98 Å². The number of anilines is 1. The summed E-state index contributed by atoms with van der Waals surface area (Å²) in [4.78, 5) is 32.2. The molecule has 3 aromatic rings. The van der Waals surface area contributed by atoms with Crippen LogP contribution < -0.4 is 10.1 Å². The van der Waals surface area contributed by atoms with Crippen LogP contribution in [0.25, 0.3) is 5.52 Å². The number of nitrogens with one attached hydrogen (secondary N) is 1. The molecule has 29 heavy (non-hydrogen) atoms. The quantitative estimate of drug-likeness (QED) is 0.629. The molecule has 0 saturated carbocycles. The molecule has 7 nitrogen and oxygen atoms in total. The molecule has 1 N–H and O–H groups in total. The van der Waals surface area contributed by atoms with Gasteiger partial charge in [-0.3, -0.25) is 14.0 Å². The van der Waals surface area contributed by atoms with E-state index in [-0.39, 0.29) is 23.3 Å². The van der Waals surface area contributed by atoms with Crippen molar-refractivity contribution in [3.63, 3.8) is 0 Å². The molecule has 0 bridgehead atoms. The molecule has 3 rings (SSSR count). The van der Waals surface area contributed by atoms with E-state index in [9.17, 15) is 9.59 Å². The van der Waals surface area contributed by atoms with E-state index >= 15 is 0 Å². The Morgan fingerprint density at radius 2 is 1.76 bits per heavy atom. The SMILES string of the molecule is CCCN(CCC)C(=O)c1nc(C(=O)Nc2ccc(OC)cc2)c2ccccn12. The van der Waals surface area contributed by atoms with Crippen LogP contribution in [-0.2, 0) is 0 Å². The third kappa shape index (κ3) is 4.39. The summed E-state index contributed by atoms with van der Waals surface area (Å²) < 4.78 is 6.82. The molecule has 0 unspecified atom stereocenters. The molecule has 0 fully saturated rings. The van der Waals surface area contributed by atoms with E-state index in [2.05, 4.69) is 10.3 Å². The summed E-state index contributed by atoms with van der Waals surface area (Å²) in [7, 11) is 1.59. The highest BCUT2D eigenvalue weighted by Crippen LogP contribution is 2.19. The zero-order valence-electron chi connectivity index (χ0n) is 17.0. The van der Waals surface area contributed by atoms with Crippen molar-refractivity contribution in [3.8, 4) is 5.75 Å². The third-order valence-corrected chi connectivity index (χ3v) is 4.58. The molecule has 0 saturated heterocycles. The van der Waals surface area contributed by atoms with Crippen molar-refractivity contribution in [2.75, 3.05) is 25.5 Å². The van der Waals surface area contributed by atoms with E-state index in [0.717, 1.165) is 12.8 Å². The number of methoxy groups -OCH3 is 1. The number of hydrogen-bond acceptors (Lipinski definition) is 4. The van der Waals surface area contributed by atoms with Crippen molar-refractivity contribution in [1.82, 2.24) is 14.3 Å². The minimum atomic E-state index is -0.365. The first-order valence-corrected chi connectivity index (χ1v) is 9.80. The summed E-state index contributed by atoms with van der Waals surface area (Å²) in [5.74, 6) is 0.423. The van der Waals surface area contributed by atoms with Crippen LogP contribution in [0, 0.1) is 0 Å². The number of benzene rings is 1. The number of imidazole rings is 1. The minimum Gasteiger partial charge on any atom is -0.497 e. The standard InChI is InChI=1S/C22H26N4O3/c1-4-13-25(14-5-2)22(28)20-24-19(18-8-6-7-15-26(18)20)21(27)23-16-9-11-17(29-3)12-10-16/h6-12,15H,4-5,13-14H2,1-3H3,(H,23,27). The number of pyridine rings is 1. The van der Waals surface area contributed by atoms with Gasteiger partial charge in [0.15, 0.2) is 5.69 Å². The van der Waals surface area contributed by atoms with Gasteiger partial charge in [0.1, 0.15) is 5.75 Å². The van der Waals surface area contributed by atoms with Gasteiger partial charge in [0.05, 0.1) is 12.6 Å². The number of ether oxygens (including phenoxy) is 1. The Morgan fingerprint density at radius 1 is 1.07 bits per heavy atom. The number of nitrogens with zero attached hydrogens (tertiary/aromatic N) is 3. The van der Waals surface area contributed by atoms with Crippen molar-refractivity contribution in [2.24, 2.45) is 0 Å². The average Bonchev–Trinajstić information content (AvgIpc) is 3.13. The summed E-state index contributed by atoms with van der Waals surface area (Å²) in [6.45, 7) is 5.38. The normalized spacial score (nSPS) is 10.7. The lowest BCUT2D eigenvalue weighted by molar-refractivity contribution is 0.0742. The van der Waals surface area contributed by atoms with Gasteiger partial charge >= 0.3 is 0 Å². The van der Waals surface area contributed by atoms with Gasteiger partial charge in [0.25, 0.3) is 11.8 Å². The molecule has 2 amide bonds. The van der Waals surface area contributed by atoms with Gasteiger partial charge in [-0.2, -0.15) is 0 Å². The van der Waals surface area contributed by atoms with Crippen LogP contribution in [0.2, 0.25) is 0 Å². The average molecular weight is 394 g/mol. The monoisotopic (exact) mass is 394 g/mol. The molecule has 152 valence electrons. The Labute approximate surface area is 170 Å². The maximum Gasteiger partial charge on any atom is 0.290 e. The predicted molar refractivity (Wildman–Crippen MR) is 113 cm³/mol. The second kappa shape index (κ2) is 9.23. The smallest absolute Gasteiger partial charge is 0.290 e. The van der Waals surface area contributed by atoms with Crippen LogP contribution in [0.3, 0.4) is 0 Å². The van der Waals surface area contributed by atoms with E-state index in [4.69, 9.17) is 4.74 Å². The van der Waals surface area contributed by atoms with Crippen molar-refractivity contribution >= 4 is 23.0 Å². The topological polar surface area (TPSA) is 75.9 Å². The Morgan fingerprint density at radius 3 is 2.38 bits per heavy atom. The number of carbonyl (C=O) groups excluding carboxylic acids is 2. The zero-order chi connectivity index (χ0) is 20.8. The molecule has 0 atom stereocenters. The second-order valence-corrected chi connectivity index (χ2v) is 6.71. The second-order valence-electron chi connectivity index (χ2n) is 6.71. The fourth-order valence-electron chi connectivity index (χ4n) is 3.22. The molecule has 7 heteroatoms. The molecular weight excluding hydrogens is 368 g/mol. The summed E-state index contributed by atoms with van der Waals surface area (Å²) in [6, 6.07) is 12.5. The van der Waals surface area contributed by atoms with Crippen LogP contribution in [0.1, 0.15) is 47.8 Å². The fourth-order valence-corrected chi connectivity index (χ4v) is 3.22. The lowest BCUT2D eigenvalue weighted by Gasteiger charge is -2.20. The van der Waals surface area contributed by atoms with E-state index in [1.807, 2.05) is 26.0 Å². The van der Waals surface area contributed by atoms with Gasteiger partial charge in [0.2, 0.25) is 5.82 Å². The maximum absolute atomic E-state index is 13.1. The van der Waals surface area contributed by atoms with Crippen LogP contribution in [-0.4, -0.2) is 46.3 Å². The first-order chi connectivity index (χ1) is 14.1. The minimum absolute atomic E-state index is 0.168. The van der Waals surface area contributed by atoms with E-state index in [0.29, 0.717) is 30.0 Å². The highest BCUT2D eigenvalue weighted by Gasteiger charge is 2.24. The number of fused-ring (bicyclic) bond motifs is 1. The summed E-state index contributed by atoms with van der Waals surface area (Å²) in [6.07, 6.45) is 3.48. The molecule has 2 aromatic heterocycles. The van der Waals surface area contributed by atoms with Crippen LogP contribution >= 0.6 is 0 Å². The van der Waals surface area contributed by atoms with Gasteiger partial charge in [-0.1, -0.05) is 19.9 Å². The molecule has 0 aliphatic carbocycles. The molecule has 0 radical (unpaired) electrons. The molecule has 0 spiro atoms. The Balaban J connectivity index is 1.94. The van der Waals surface area contributed by atoms with Gasteiger partial charge in [-0.15, -0.1) is 0 Å². The zero-order valence-corrected chi connectivity index (χ0v) is 17.0. The Bertz CT molecular complexity index is 989. The highest BCUT2D eigenvalue weighted by atomic mass is 16.5. The Kier molecular flexibility index (Phi) is 6.49. The molecule has 1 aromatic carbocycles. The van der Waals surface area contributed by atoms with Crippen LogP contribution in [0.15, 0.2) is 48.7 Å².